The van der Waals surface area contributed by atoms with Gasteiger partial charge in [0.05, 0.1) is 18.4 Å². The van der Waals surface area contributed by atoms with E-state index in [1.54, 1.807) is 37.4 Å². The number of anilines is 1. The number of benzene rings is 1. The molecule has 2 aromatic heterocycles. The van der Waals surface area contributed by atoms with Crippen LogP contribution in [-0.2, 0) is 6.54 Å². The Bertz CT molecular complexity index is 933. The maximum absolute atomic E-state index is 11.8. The molecular weight excluding hydrogens is 296 g/mol. The van der Waals surface area contributed by atoms with E-state index in [1.165, 1.54) is 0 Å². The molecule has 8 heteroatoms. The molecule has 4 N–H and O–H groups in total. The first-order chi connectivity index (χ1) is 11.0. The van der Waals surface area contributed by atoms with Crippen LogP contribution < -0.4 is 16.6 Å². The second-order valence-corrected chi connectivity index (χ2v) is 4.98. The second-order valence-electron chi connectivity index (χ2n) is 4.98. The fourth-order valence-electron chi connectivity index (χ4n) is 2.10. The van der Waals surface area contributed by atoms with Gasteiger partial charge >= 0.3 is 5.56 Å². The SMILES string of the molecule is Cc1nc(=O)c2nc(CNc3ccc(C(N)=O)cc3)cnc2[nH]1. The zero-order valence-electron chi connectivity index (χ0n) is 12.3. The van der Waals surface area contributed by atoms with Crippen molar-refractivity contribution in [3.05, 3.63) is 57.9 Å². The van der Waals surface area contributed by atoms with Crippen molar-refractivity contribution >= 4 is 22.8 Å². The first-order valence-electron chi connectivity index (χ1n) is 6.89. The number of nitrogens with one attached hydrogen (secondary N) is 2. The number of H-pyrrole nitrogens is 1. The largest absolute Gasteiger partial charge is 0.379 e. The molecule has 0 unspecified atom stereocenters. The van der Waals surface area contributed by atoms with Crippen LogP contribution in [0, 0.1) is 6.92 Å². The van der Waals surface area contributed by atoms with Crippen LogP contribution in [0.5, 0.6) is 0 Å². The molecule has 3 aromatic rings. The van der Waals surface area contributed by atoms with Gasteiger partial charge in [-0.15, -0.1) is 0 Å². The molecule has 2 heterocycles. The Morgan fingerprint density at radius 1 is 1.26 bits per heavy atom. The maximum Gasteiger partial charge on any atom is 0.301 e. The van der Waals surface area contributed by atoms with Crippen molar-refractivity contribution in [2.75, 3.05) is 5.32 Å². The van der Waals surface area contributed by atoms with Crippen LogP contribution in [0.3, 0.4) is 0 Å². The van der Waals surface area contributed by atoms with E-state index in [9.17, 15) is 9.59 Å². The molecule has 0 atom stereocenters. The zero-order chi connectivity index (χ0) is 16.4. The number of fused-ring (bicyclic) bond motifs is 1. The lowest BCUT2D eigenvalue weighted by atomic mass is 10.2. The molecule has 0 radical (unpaired) electrons. The van der Waals surface area contributed by atoms with Gasteiger partial charge < -0.3 is 16.0 Å². The molecule has 1 amide bonds. The van der Waals surface area contributed by atoms with Gasteiger partial charge in [0.15, 0.2) is 11.2 Å². The van der Waals surface area contributed by atoms with Crippen molar-refractivity contribution in [3.63, 3.8) is 0 Å². The van der Waals surface area contributed by atoms with Gasteiger partial charge in [0.1, 0.15) is 5.82 Å². The lowest BCUT2D eigenvalue weighted by molar-refractivity contribution is 0.100. The summed E-state index contributed by atoms with van der Waals surface area (Å²) in [4.78, 5) is 38.0. The Labute approximate surface area is 130 Å². The molecule has 3 rings (SSSR count). The summed E-state index contributed by atoms with van der Waals surface area (Å²) in [5.74, 6) is 0.0242. The van der Waals surface area contributed by atoms with Crippen molar-refractivity contribution < 1.29 is 4.79 Å². The number of amides is 1. The Morgan fingerprint density at radius 3 is 2.70 bits per heavy atom. The summed E-state index contributed by atoms with van der Waals surface area (Å²) >= 11 is 0. The summed E-state index contributed by atoms with van der Waals surface area (Å²) in [6.45, 7) is 2.07. The molecule has 8 nitrogen and oxygen atoms in total. The highest BCUT2D eigenvalue weighted by atomic mass is 16.1. The van der Waals surface area contributed by atoms with Crippen LogP contribution >= 0.6 is 0 Å². The van der Waals surface area contributed by atoms with Crippen LogP contribution in [-0.4, -0.2) is 25.8 Å². The minimum atomic E-state index is -0.473. The summed E-state index contributed by atoms with van der Waals surface area (Å²) in [5, 5.41) is 3.14. The number of hydrogen-bond donors (Lipinski definition) is 3. The number of aromatic amines is 1. The molecule has 0 saturated heterocycles. The second kappa shape index (κ2) is 5.84. The lowest BCUT2D eigenvalue weighted by Crippen LogP contribution is -2.14. The van der Waals surface area contributed by atoms with Gasteiger partial charge in [-0.25, -0.2) is 9.97 Å². The number of carbonyl (C=O) groups is 1. The van der Waals surface area contributed by atoms with Crippen LogP contribution in [0.1, 0.15) is 21.9 Å². The standard InChI is InChI=1S/C15H14N6O2/c1-8-19-14-12(15(23)20-8)21-11(7-18-14)6-17-10-4-2-9(3-5-10)13(16)22/h2-5,7,17H,6H2,1H3,(H2,16,22)(H,18,19,20,23). The first kappa shape index (κ1) is 14.6. The Kier molecular flexibility index (Phi) is 3.71. The molecule has 0 bridgehead atoms. The number of nitrogens with zero attached hydrogens (tertiary/aromatic N) is 3. The number of aryl methyl sites for hydroxylation is 1. The van der Waals surface area contributed by atoms with Crippen molar-refractivity contribution in [2.45, 2.75) is 13.5 Å². The lowest BCUT2D eigenvalue weighted by Gasteiger charge is -2.07. The fourth-order valence-corrected chi connectivity index (χ4v) is 2.10. The smallest absolute Gasteiger partial charge is 0.301 e. The Hall–Kier alpha value is -3.29. The maximum atomic E-state index is 11.8. The molecule has 0 fully saturated rings. The highest BCUT2D eigenvalue weighted by molar-refractivity contribution is 5.93. The predicted molar refractivity (Wildman–Crippen MR) is 85.0 cm³/mol. The van der Waals surface area contributed by atoms with Gasteiger partial charge in [-0.05, 0) is 31.2 Å². The van der Waals surface area contributed by atoms with Crippen molar-refractivity contribution in [2.24, 2.45) is 5.73 Å². The molecule has 0 spiro atoms. The normalized spacial score (nSPS) is 10.7. The molecule has 1 aromatic carbocycles. The van der Waals surface area contributed by atoms with Gasteiger partial charge in [0, 0.05) is 11.3 Å². The Balaban J connectivity index is 1.79. The van der Waals surface area contributed by atoms with Gasteiger partial charge in [-0.3, -0.25) is 9.59 Å². The van der Waals surface area contributed by atoms with Gasteiger partial charge in [-0.1, -0.05) is 0 Å². The van der Waals surface area contributed by atoms with Crippen molar-refractivity contribution in [3.8, 4) is 0 Å². The third-order valence-electron chi connectivity index (χ3n) is 3.24. The van der Waals surface area contributed by atoms with Gasteiger partial charge in [0.25, 0.3) is 0 Å². The highest BCUT2D eigenvalue weighted by Gasteiger charge is 2.06. The van der Waals surface area contributed by atoms with E-state index in [1.807, 2.05) is 0 Å². The number of aromatic nitrogens is 4. The van der Waals surface area contributed by atoms with Gasteiger partial charge in [-0.2, -0.15) is 4.98 Å². The summed E-state index contributed by atoms with van der Waals surface area (Å²) in [6, 6.07) is 6.75. The molecule has 0 saturated carbocycles. The third-order valence-corrected chi connectivity index (χ3v) is 3.24. The number of primary amides is 1. The van der Waals surface area contributed by atoms with E-state index in [-0.39, 0.29) is 5.52 Å². The number of nitrogens with two attached hydrogens (primary N) is 1. The average molecular weight is 310 g/mol. The highest BCUT2D eigenvalue weighted by Crippen LogP contribution is 2.11. The van der Waals surface area contributed by atoms with E-state index in [2.05, 4.69) is 25.3 Å². The van der Waals surface area contributed by atoms with E-state index in [0.29, 0.717) is 29.3 Å². The van der Waals surface area contributed by atoms with Crippen LogP contribution in [0.2, 0.25) is 0 Å². The minimum absolute atomic E-state index is 0.207. The quantitative estimate of drug-likeness (QED) is 0.652. The van der Waals surface area contributed by atoms with Crippen molar-refractivity contribution in [1.82, 2.24) is 19.9 Å². The topological polar surface area (TPSA) is 127 Å². The van der Waals surface area contributed by atoms with Gasteiger partial charge in [0.2, 0.25) is 5.91 Å². The van der Waals surface area contributed by atoms with E-state index in [4.69, 9.17) is 5.73 Å². The predicted octanol–water partition coefficient (Wildman–Crippen LogP) is 0.733. The number of hydrogen-bond acceptors (Lipinski definition) is 6. The average Bonchev–Trinajstić information content (AvgIpc) is 2.53. The first-order valence-corrected chi connectivity index (χ1v) is 6.89. The molecular formula is C15H14N6O2. The van der Waals surface area contributed by atoms with Crippen LogP contribution in [0.25, 0.3) is 11.2 Å². The zero-order valence-corrected chi connectivity index (χ0v) is 12.3. The molecule has 0 aliphatic heterocycles. The van der Waals surface area contributed by atoms with Crippen LogP contribution in [0.4, 0.5) is 5.69 Å². The number of carbonyl (C=O) groups excluding carboxylic acids is 1. The monoisotopic (exact) mass is 310 g/mol. The third kappa shape index (κ3) is 3.15. The molecule has 0 aliphatic carbocycles. The van der Waals surface area contributed by atoms with Crippen LogP contribution in [0.15, 0.2) is 35.3 Å². The molecule has 0 aliphatic rings. The summed E-state index contributed by atoms with van der Waals surface area (Å²) in [7, 11) is 0. The fraction of sp³-hybridized carbons (Fsp3) is 0.133. The Morgan fingerprint density at radius 2 is 2.00 bits per heavy atom. The summed E-state index contributed by atoms with van der Waals surface area (Å²) in [6.07, 6.45) is 1.59. The van der Waals surface area contributed by atoms with Crippen molar-refractivity contribution in [1.29, 1.82) is 0 Å². The summed E-state index contributed by atoms with van der Waals surface area (Å²) in [5.41, 5.74) is 7.25. The van der Waals surface area contributed by atoms with E-state index >= 15 is 0 Å². The summed E-state index contributed by atoms with van der Waals surface area (Å²) < 4.78 is 0. The minimum Gasteiger partial charge on any atom is -0.379 e. The molecule has 116 valence electrons. The molecule has 23 heavy (non-hydrogen) atoms. The number of rotatable bonds is 4. The van der Waals surface area contributed by atoms with E-state index in [0.717, 1.165) is 5.69 Å². The van der Waals surface area contributed by atoms with E-state index < -0.39 is 11.5 Å².